The number of esters is 1. The van der Waals surface area contributed by atoms with Crippen LogP contribution in [0.1, 0.15) is 68.5 Å². The summed E-state index contributed by atoms with van der Waals surface area (Å²) in [5.74, 6) is 0.618. The van der Waals surface area contributed by atoms with Crippen LogP contribution in [0.5, 0.6) is 17.2 Å². The highest BCUT2D eigenvalue weighted by Crippen LogP contribution is 2.65. The molecule has 1 amide bonds. The number of carbonyl (C=O) groups excluding carboxylic acids is 2. The number of methoxy groups -OCH3 is 1. The summed E-state index contributed by atoms with van der Waals surface area (Å²) in [6, 6.07) is 0.793. The highest BCUT2D eigenvalue weighted by molar-refractivity contribution is 14.1. The van der Waals surface area contributed by atoms with Gasteiger partial charge < -0.3 is 34.5 Å². The first-order valence-electron chi connectivity index (χ1n) is 16.3. The van der Waals surface area contributed by atoms with Crippen molar-refractivity contribution < 1.29 is 38.7 Å². The highest BCUT2D eigenvalue weighted by atomic mass is 127. The van der Waals surface area contributed by atoms with Gasteiger partial charge in [-0.05, 0) is 67.0 Å². The van der Waals surface area contributed by atoms with Crippen molar-refractivity contribution in [2.24, 2.45) is 17.3 Å². The monoisotopic (exact) mass is 784 g/mol. The molecule has 1 saturated carbocycles. The first-order valence-corrected chi connectivity index (χ1v) is 18.8. The molecule has 0 spiro atoms. The highest BCUT2D eigenvalue weighted by Gasteiger charge is 2.68. The average molecular weight is 785 g/mol. The van der Waals surface area contributed by atoms with Crippen LogP contribution < -0.4 is 19.5 Å². The largest absolute Gasteiger partial charge is 0.453 e. The Balaban J connectivity index is 1.65. The normalized spacial score (nSPS) is 38.0. The zero-order valence-corrected chi connectivity index (χ0v) is 30.8. The Morgan fingerprint density at radius 3 is 2.57 bits per heavy atom. The Hall–Kier alpha value is -1.87. The number of amides is 1. The lowest BCUT2D eigenvalue weighted by molar-refractivity contribution is -0.242. The van der Waals surface area contributed by atoms with Crippen molar-refractivity contribution in [1.29, 1.82) is 5.26 Å². The van der Waals surface area contributed by atoms with E-state index in [0.29, 0.717) is 34.9 Å². The molecule has 258 valence electrons. The molecule has 0 aromatic heterocycles. The fourth-order valence-electron chi connectivity index (χ4n) is 9.85. The lowest BCUT2D eigenvalue weighted by atomic mass is 9.51. The summed E-state index contributed by atoms with van der Waals surface area (Å²) in [7, 11) is 1.66. The van der Waals surface area contributed by atoms with Gasteiger partial charge in [0, 0.05) is 60.8 Å². The zero-order chi connectivity index (χ0) is 34.1. The van der Waals surface area contributed by atoms with Crippen molar-refractivity contribution in [2.75, 3.05) is 33.2 Å². The number of carbonyl (C=O) groups is 2. The predicted molar refractivity (Wildman–Crippen MR) is 182 cm³/mol. The van der Waals surface area contributed by atoms with E-state index in [1.807, 2.05) is 13.2 Å². The van der Waals surface area contributed by atoms with Crippen molar-refractivity contribution >= 4 is 46.2 Å². The summed E-state index contributed by atoms with van der Waals surface area (Å²) in [6.45, 7) is 10.3. The number of alkyl halides is 1. The van der Waals surface area contributed by atoms with Gasteiger partial charge >= 0.3 is 5.97 Å². The SMILES string of the molecule is CCN1C2CC3CC(C)C(OC)C(O)C3(C)C1C1[C@H](SC)c3c(OC(C)=O)c(C)c4c(c3C(CNC(=O)C(O)I)N1[C@H]2C#N)OCO4. The molecule has 0 radical (unpaired) electrons. The number of hydrogen-bond acceptors (Lipinski definition) is 12. The fraction of sp³-hybridized carbons (Fsp3) is 0.727. The Kier molecular flexibility index (Phi) is 9.76. The fourth-order valence-corrected chi connectivity index (χ4v) is 11.1. The second-order valence-electron chi connectivity index (χ2n) is 13.7. The Labute approximate surface area is 293 Å². The Morgan fingerprint density at radius 1 is 1.28 bits per heavy atom. The minimum atomic E-state index is -1.27. The lowest BCUT2D eigenvalue weighted by Crippen LogP contribution is -2.80. The number of nitrogens with one attached hydrogen (secondary N) is 1. The van der Waals surface area contributed by atoms with Crippen LogP contribution in [0.25, 0.3) is 0 Å². The van der Waals surface area contributed by atoms with Crippen molar-refractivity contribution in [1.82, 2.24) is 15.1 Å². The van der Waals surface area contributed by atoms with Crippen LogP contribution in [0.3, 0.4) is 0 Å². The number of likely N-dealkylation sites (N-methyl/N-ethyl adjacent to an activating group) is 1. The molecule has 10 unspecified atom stereocenters. The van der Waals surface area contributed by atoms with Crippen molar-refractivity contribution in [2.45, 2.75) is 99.2 Å². The molecule has 3 fully saturated rings. The van der Waals surface area contributed by atoms with E-state index >= 15 is 0 Å². The number of piperidine rings is 1. The van der Waals surface area contributed by atoms with Gasteiger partial charge in [-0.2, -0.15) is 17.0 Å². The number of nitriles is 1. The predicted octanol–water partition coefficient (Wildman–Crippen LogP) is 3.05. The van der Waals surface area contributed by atoms with Crippen molar-refractivity contribution in [3.05, 3.63) is 16.7 Å². The summed E-state index contributed by atoms with van der Waals surface area (Å²) in [5, 5.41) is 36.1. The van der Waals surface area contributed by atoms with Gasteiger partial charge in [0.2, 0.25) is 6.79 Å². The van der Waals surface area contributed by atoms with E-state index in [0.717, 1.165) is 18.4 Å². The van der Waals surface area contributed by atoms with Gasteiger partial charge in [-0.3, -0.25) is 19.4 Å². The van der Waals surface area contributed by atoms with E-state index < -0.39 is 39.6 Å². The number of rotatable bonds is 7. The Bertz CT molecular complexity index is 1470. The molecule has 2 bridgehead atoms. The summed E-state index contributed by atoms with van der Waals surface area (Å²) < 4.78 is 22.8. The molecule has 2 saturated heterocycles. The molecule has 14 heteroatoms. The van der Waals surface area contributed by atoms with Crippen LogP contribution in [0.15, 0.2) is 0 Å². The van der Waals surface area contributed by atoms with E-state index in [1.165, 1.54) is 6.92 Å². The molecule has 4 aliphatic heterocycles. The van der Waals surface area contributed by atoms with Crippen LogP contribution in [0, 0.1) is 35.5 Å². The number of hydrogen-bond donors (Lipinski definition) is 3. The zero-order valence-electron chi connectivity index (χ0n) is 27.9. The van der Waals surface area contributed by atoms with Gasteiger partial charge in [0.1, 0.15) is 11.8 Å². The number of halogens is 1. The second kappa shape index (κ2) is 13.1. The molecule has 4 heterocycles. The first kappa shape index (κ1) is 35.0. The molecular formula is C33H45IN4O8S. The maximum atomic E-state index is 12.9. The van der Waals surface area contributed by atoms with Crippen LogP contribution >= 0.6 is 34.4 Å². The van der Waals surface area contributed by atoms with Crippen LogP contribution in [-0.4, -0.2) is 106 Å². The van der Waals surface area contributed by atoms with E-state index in [9.17, 15) is 25.1 Å². The summed E-state index contributed by atoms with van der Waals surface area (Å²) in [6.07, 6.45) is 2.48. The third-order valence-electron chi connectivity index (χ3n) is 11.7. The van der Waals surface area contributed by atoms with Crippen LogP contribution in [0.4, 0.5) is 0 Å². The lowest BCUT2D eigenvalue weighted by Gasteiger charge is -2.70. The number of aliphatic hydroxyl groups is 2. The number of thioether (sulfide) groups is 1. The number of fused-ring (bicyclic) bond motifs is 9. The molecule has 1 aliphatic carbocycles. The number of ether oxygens (including phenoxy) is 4. The first-order chi connectivity index (χ1) is 22.4. The molecule has 1 aromatic carbocycles. The van der Waals surface area contributed by atoms with Gasteiger partial charge in [-0.25, -0.2) is 0 Å². The quantitative estimate of drug-likeness (QED) is 0.161. The minimum absolute atomic E-state index is 0.0237. The van der Waals surface area contributed by atoms with Gasteiger partial charge in [-0.15, -0.1) is 0 Å². The third kappa shape index (κ3) is 5.17. The summed E-state index contributed by atoms with van der Waals surface area (Å²) in [4.78, 5) is 30.2. The minimum Gasteiger partial charge on any atom is -0.453 e. The van der Waals surface area contributed by atoms with E-state index in [-0.39, 0.29) is 54.7 Å². The van der Waals surface area contributed by atoms with Crippen LogP contribution in [-0.2, 0) is 14.3 Å². The second-order valence-corrected chi connectivity index (χ2v) is 15.9. The topological polar surface area (TPSA) is 154 Å². The number of aliphatic hydroxyl groups excluding tert-OH is 2. The molecular weight excluding hydrogens is 739 g/mol. The van der Waals surface area contributed by atoms with Crippen molar-refractivity contribution in [3.8, 4) is 23.3 Å². The van der Waals surface area contributed by atoms with Crippen molar-refractivity contribution in [3.63, 3.8) is 0 Å². The third-order valence-corrected chi connectivity index (χ3v) is 13.2. The molecule has 3 N–H and O–H groups in total. The molecule has 1 aromatic rings. The molecule has 47 heavy (non-hydrogen) atoms. The summed E-state index contributed by atoms with van der Waals surface area (Å²) >= 11 is 3.27. The standard InChI is InChI=1S/C33H45IN4O8S/c1-8-37-18-10-17-9-14(2)24(43-6)30(40)33(17,5)29(37)23-28(47-7)22-21(20(38(23)19(18)11-35)12-36-32(42)31(34)41)27-26(44-13-45-27)15(3)25(22)46-16(4)39/h14,17-20,23-24,28-31,40-41H,8-10,12-13H2,1-7H3,(H,36,42)/t14?,17?,18?,19-,20?,23?,24?,28+,29?,30?,31?,33?/m0/s1. The summed E-state index contributed by atoms with van der Waals surface area (Å²) in [5.41, 5.74) is 1.49. The molecule has 6 rings (SSSR count). The van der Waals surface area contributed by atoms with E-state index in [2.05, 4.69) is 42.0 Å². The van der Waals surface area contributed by atoms with E-state index in [1.54, 1.807) is 41.5 Å². The number of benzene rings is 1. The van der Waals surface area contributed by atoms with Gasteiger partial charge in [0.05, 0.1) is 29.6 Å². The molecule has 12 nitrogen and oxygen atoms in total. The number of piperazine rings is 1. The van der Waals surface area contributed by atoms with Gasteiger partial charge in [-0.1, -0.05) is 20.8 Å². The van der Waals surface area contributed by atoms with Crippen LogP contribution in [0.2, 0.25) is 0 Å². The Morgan fingerprint density at radius 2 is 1.98 bits per heavy atom. The average Bonchev–Trinajstić information content (AvgIpc) is 3.53. The number of nitrogens with zero attached hydrogens (tertiary/aromatic N) is 3. The van der Waals surface area contributed by atoms with E-state index in [4.69, 9.17) is 18.9 Å². The smallest absolute Gasteiger partial charge is 0.308 e. The molecule has 12 atom stereocenters. The van der Waals surface area contributed by atoms with Gasteiger partial charge in [0.15, 0.2) is 15.6 Å². The maximum absolute atomic E-state index is 12.9. The molecule has 5 aliphatic rings. The maximum Gasteiger partial charge on any atom is 0.308 e. The van der Waals surface area contributed by atoms with Gasteiger partial charge in [0.25, 0.3) is 5.91 Å².